The molecule has 1 aliphatic rings. The van der Waals surface area contributed by atoms with Crippen LogP contribution in [0.2, 0.25) is 0 Å². The van der Waals surface area contributed by atoms with Gasteiger partial charge in [-0.15, -0.1) is 0 Å². The number of nitrogens with zero attached hydrogens (tertiary/aromatic N) is 2. The average Bonchev–Trinajstić information content (AvgIpc) is 2.29. The van der Waals surface area contributed by atoms with Gasteiger partial charge in [-0.2, -0.15) is 0 Å². The molecule has 0 unspecified atom stereocenters. The fourth-order valence-electron chi connectivity index (χ4n) is 1.91. The highest BCUT2D eigenvalue weighted by Crippen LogP contribution is 2.15. The van der Waals surface area contributed by atoms with Crippen molar-refractivity contribution >= 4 is 5.96 Å². The van der Waals surface area contributed by atoms with Crippen LogP contribution in [0.4, 0.5) is 0 Å². The van der Waals surface area contributed by atoms with Crippen LogP contribution in [0.15, 0.2) is 4.99 Å². The van der Waals surface area contributed by atoms with Crippen LogP contribution in [-0.4, -0.2) is 43.2 Å². The quantitative estimate of drug-likeness (QED) is 0.454. The van der Waals surface area contributed by atoms with E-state index in [9.17, 15) is 0 Å². The number of hydrogen-bond acceptors (Lipinski definition) is 2. The van der Waals surface area contributed by atoms with Gasteiger partial charge in [0.25, 0.3) is 0 Å². The molecule has 0 saturated carbocycles. The Balaban J connectivity index is 2.15. The Labute approximate surface area is 105 Å². The molecule has 1 heterocycles. The molecular weight excluding hydrogens is 214 g/mol. The standard InChI is InChI=1S/C13H27N3O/c1-11(2)17-10-4-7-15-13(14)16-8-5-12(3)6-9-16/h11-12H,4-10H2,1-3H3,(H2,14,15). The number of guanidine groups is 1. The molecule has 0 atom stereocenters. The minimum absolute atomic E-state index is 0.305. The van der Waals surface area contributed by atoms with Gasteiger partial charge in [-0.25, -0.2) is 0 Å². The lowest BCUT2D eigenvalue weighted by Gasteiger charge is -2.31. The molecule has 17 heavy (non-hydrogen) atoms. The lowest BCUT2D eigenvalue weighted by Crippen LogP contribution is -2.42. The maximum absolute atomic E-state index is 5.97. The molecule has 0 spiro atoms. The van der Waals surface area contributed by atoms with Gasteiger partial charge < -0.3 is 15.4 Å². The zero-order valence-electron chi connectivity index (χ0n) is 11.5. The van der Waals surface area contributed by atoms with Crippen molar-refractivity contribution in [1.82, 2.24) is 4.90 Å². The Bertz CT molecular complexity index is 233. The molecule has 4 heteroatoms. The first-order valence-electron chi connectivity index (χ1n) is 6.76. The summed E-state index contributed by atoms with van der Waals surface area (Å²) in [7, 11) is 0. The maximum Gasteiger partial charge on any atom is 0.191 e. The van der Waals surface area contributed by atoms with Crippen molar-refractivity contribution < 1.29 is 4.74 Å². The number of nitrogens with two attached hydrogens (primary N) is 1. The first kappa shape index (κ1) is 14.3. The van der Waals surface area contributed by atoms with Crippen molar-refractivity contribution in [3.05, 3.63) is 0 Å². The largest absolute Gasteiger partial charge is 0.379 e. The SMILES string of the molecule is CC1CCN(C(N)=NCCCOC(C)C)CC1. The summed E-state index contributed by atoms with van der Waals surface area (Å²) >= 11 is 0. The van der Waals surface area contributed by atoms with E-state index in [1.807, 2.05) is 13.8 Å². The van der Waals surface area contributed by atoms with Crippen LogP contribution in [0.5, 0.6) is 0 Å². The Hall–Kier alpha value is -0.770. The summed E-state index contributed by atoms with van der Waals surface area (Å²) in [6.07, 6.45) is 3.71. The van der Waals surface area contributed by atoms with Crippen molar-refractivity contribution in [2.45, 2.75) is 46.1 Å². The highest BCUT2D eigenvalue weighted by atomic mass is 16.5. The van der Waals surface area contributed by atoms with Crippen LogP contribution in [0.25, 0.3) is 0 Å². The fourth-order valence-corrected chi connectivity index (χ4v) is 1.91. The molecule has 0 aromatic carbocycles. The van der Waals surface area contributed by atoms with Crippen LogP contribution in [0.3, 0.4) is 0 Å². The second-order valence-electron chi connectivity index (χ2n) is 5.18. The van der Waals surface area contributed by atoms with Crippen LogP contribution < -0.4 is 5.73 Å². The molecule has 1 fully saturated rings. The van der Waals surface area contributed by atoms with Crippen LogP contribution in [0, 0.1) is 5.92 Å². The third-order valence-corrected chi connectivity index (χ3v) is 3.14. The van der Waals surface area contributed by atoms with Gasteiger partial charge >= 0.3 is 0 Å². The fraction of sp³-hybridized carbons (Fsp3) is 0.923. The Morgan fingerprint density at radius 2 is 2.06 bits per heavy atom. The average molecular weight is 241 g/mol. The molecule has 0 aliphatic carbocycles. The first-order chi connectivity index (χ1) is 8.09. The Morgan fingerprint density at radius 3 is 2.65 bits per heavy atom. The zero-order valence-corrected chi connectivity index (χ0v) is 11.5. The number of piperidine rings is 1. The summed E-state index contributed by atoms with van der Waals surface area (Å²) in [6, 6.07) is 0. The van der Waals surface area contributed by atoms with Gasteiger partial charge in [0.2, 0.25) is 0 Å². The second-order valence-corrected chi connectivity index (χ2v) is 5.18. The predicted octanol–water partition coefficient (Wildman–Crippen LogP) is 1.85. The van der Waals surface area contributed by atoms with E-state index in [0.29, 0.717) is 12.1 Å². The maximum atomic E-state index is 5.97. The van der Waals surface area contributed by atoms with Gasteiger partial charge in [0, 0.05) is 26.2 Å². The molecule has 1 aliphatic heterocycles. The van der Waals surface area contributed by atoms with Crippen molar-refractivity contribution in [2.24, 2.45) is 16.6 Å². The number of ether oxygens (including phenoxy) is 1. The van der Waals surface area contributed by atoms with E-state index in [1.54, 1.807) is 0 Å². The van der Waals surface area contributed by atoms with E-state index in [4.69, 9.17) is 10.5 Å². The molecule has 0 bridgehead atoms. The molecule has 100 valence electrons. The first-order valence-corrected chi connectivity index (χ1v) is 6.76. The van der Waals surface area contributed by atoms with E-state index in [2.05, 4.69) is 16.8 Å². The summed E-state index contributed by atoms with van der Waals surface area (Å²) in [5.41, 5.74) is 5.97. The topological polar surface area (TPSA) is 50.8 Å². The van der Waals surface area contributed by atoms with Gasteiger partial charge in [-0.05, 0) is 39.0 Å². The minimum atomic E-state index is 0.305. The third-order valence-electron chi connectivity index (χ3n) is 3.14. The lowest BCUT2D eigenvalue weighted by molar-refractivity contribution is 0.0782. The molecule has 0 aromatic rings. The molecule has 4 nitrogen and oxygen atoms in total. The summed E-state index contributed by atoms with van der Waals surface area (Å²) in [5.74, 6) is 1.54. The number of hydrogen-bond donors (Lipinski definition) is 1. The highest BCUT2D eigenvalue weighted by Gasteiger charge is 2.16. The van der Waals surface area contributed by atoms with Gasteiger partial charge in [0.15, 0.2) is 5.96 Å². The normalized spacial score (nSPS) is 19.1. The predicted molar refractivity (Wildman–Crippen MR) is 72.2 cm³/mol. The van der Waals surface area contributed by atoms with Crippen molar-refractivity contribution in [1.29, 1.82) is 0 Å². The van der Waals surface area contributed by atoms with Gasteiger partial charge in [0.05, 0.1) is 6.10 Å². The summed E-state index contributed by atoms with van der Waals surface area (Å²) in [5, 5.41) is 0. The summed E-state index contributed by atoms with van der Waals surface area (Å²) in [6.45, 7) is 10.0. The second kappa shape index (κ2) is 7.54. The molecule has 2 N–H and O–H groups in total. The van der Waals surface area contributed by atoms with Crippen LogP contribution in [-0.2, 0) is 4.74 Å². The number of aliphatic imine (C=N–C) groups is 1. The van der Waals surface area contributed by atoms with Crippen molar-refractivity contribution in [2.75, 3.05) is 26.2 Å². The summed E-state index contributed by atoms with van der Waals surface area (Å²) < 4.78 is 5.46. The van der Waals surface area contributed by atoms with Crippen LogP contribution >= 0.6 is 0 Å². The van der Waals surface area contributed by atoms with Crippen LogP contribution in [0.1, 0.15) is 40.0 Å². The molecule has 1 saturated heterocycles. The third kappa shape index (κ3) is 5.91. The van der Waals surface area contributed by atoms with E-state index in [1.165, 1.54) is 12.8 Å². The molecule has 0 radical (unpaired) electrons. The van der Waals surface area contributed by atoms with Crippen molar-refractivity contribution in [3.63, 3.8) is 0 Å². The van der Waals surface area contributed by atoms with Gasteiger partial charge in [-0.3, -0.25) is 4.99 Å². The van der Waals surface area contributed by atoms with E-state index in [0.717, 1.165) is 38.6 Å². The molecular formula is C13H27N3O. The smallest absolute Gasteiger partial charge is 0.191 e. The summed E-state index contributed by atoms with van der Waals surface area (Å²) in [4.78, 5) is 6.61. The van der Waals surface area contributed by atoms with E-state index >= 15 is 0 Å². The molecule has 1 rings (SSSR count). The highest BCUT2D eigenvalue weighted by molar-refractivity contribution is 5.78. The lowest BCUT2D eigenvalue weighted by atomic mass is 10.00. The number of rotatable bonds is 5. The molecule has 0 aromatic heterocycles. The van der Waals surface area contributed by atoms with E-state index < -0.39 is 0 Å². The Morgan fingerprint density at radius 1 is 1.41 bits per heavy atom. The monoisotopic (exact) mass is 241 g/mol. The van der Waals surface area contributed by atoms with Crippen molar-refractivity contribution in [3.8, 4) is 0 Å². The molecule has 0 amide bonds. The Kier molecular flexibility index (Phi) is 6.34. The van der Waals surface area contributed by atoms with Gasteiger partial charge in [0.1, 0.15) is 0 Å². The zero-order chi connectivity index (χ0) is 12.7. The minimum Gasteiger partial charge on any atom is -0.379 e. The van der Waals surface area contributed by atoms with Gasteiger partial charge in [-0.1, -0.05) is 6.92 Å². The van der Waals surface area contributed by atoms with E-state index in [-0.39, 0.29) is 0 Å². The number of likely N-dealkylation sites (tertiary alicyclic amines) is 1.